The van der Waals surface area contributed by atoms with Crippen LogP contribution in [0.1, 0.15) is 37.5 Å². The van der Waals surface area contributed by atoms with E-state index in [1.165, 1.54) is 37.8 Å². The third-order valence-electron chi connectivity index (χ3n) is 4.38. The molecule has 1 aromatic heterocycles. The molecule has 2 nitrogen and oxygen atoms in total. The first-order chi connectivity index (χ1) is 10.2. The van der Waals surface area contributed by atoms with Crippen LogP contribution in [-0.2, 0) is 6.42 Å². The van der Waals surface area contributed by atoms with Gasteiger partial charge in [0.25, 0.3) is 0 Å². The predicted octanol–water partition coefficient (Wildman–Crippen LogP) is 4.80. The van der Waals surface area contributed by atoms with Gasteiger partial charge in [0.15, 0.2) is 0 Å². The molecule has 5 heteroatoms. The first-order valence-corrected chi connectivity index (χ1v) is 9.30. The first kappa shape index (κ1) is 15.2. The number of benzene rings is 1. The first-order valence-electron chi connectivity index (χ1n) is 7.48. The molecule has 0 saturated heterocycles. The summed E-state index contributed by atoms with van der Waals surface area (Å²) in [6.07, 6.45) is 7.76. The van der Waals surface area contributed by atoms with Crippen LogP contribution in [-0.4, -0.2) is 26.9 Å². The molecule has 0 radical (unpaired) electrons. The fraction of sp³-hybridized carbons (Fsp3) is 0.562. The average Bonchev–Trinajstić information content (AvgIpc) is 2.85. The molecule has 0 unspecified atom stereocenters. The molecule has 0 atom stereocenters. The summed E-state index contributed by atoms with van der Waals surface area (Å²) in [4.78, 5) is 4.61. The van der Waals surface area contributed by atoms with Crippen LogP contribution in [0.15, 0.2) is 18.2 Å². The normalized spacial score (nSPS) is 22.8. The Hall–Kier alpha value is -0.740. The van der Waals surface area contributed by atoms with Gasteiger partial charge >= 0.3 is 0 Å². The van der Waals surface area contributed by atoms with Gasteiger partial charge in [-0.2, -0.15) is 11.8 Å². The lowest BCUT2D eigenvalue weighted by Gasteiger charge is -2.30. The van der Waals surface area contributed by atoms with Crippen LogP contribution in [0.25, 0.3) is 11.0 Å². The Balaban J connectivity index is 1.97. The van der Waals surface area contributed by atoms with Crippen molar-refractivity contribution in [2.45, 2.75) is 43.4 Å². The molecular formula is C16H20ClFN2S. The van der Waals surface area contributed by atoms with Crippen molar-refractivity contribution in [3.05, 3.63) is 29.8 Å². The van der Waals surface area contributed by atoms with Crippen molar-refractivity contribution in [1.29, 1.82) is 0 Å². The van der Waals surface area contributed by atoms with Gasteiger partial charge in [0.05, 0.1) is 11.0 Å². The molecule has 0 spiro atoms. The van der Waals surface area contributed by atoms with Crippen LogP contribution < -0.4 is 0 Å². The number of aromatic nitrogens is 2. The second-order valence-electron chi connectivity index (χ2n) is 5.64. The van der Waals surface area contributed by atoms with Crippen molar-refractivity contribution >= 4 is 34.4 Å². The van der Waals surface area contributed by atoms with Gasteiger partial charge in [-0.15, -0.1) is 11.6 Å². The molecule has 1 saturated carbocycles. The lowest BCUT2D eigenvalue weighted by atomic mass is 9.94. The predicted molar refractivity (Wildman–Crippen MR) is 88.9 cm³/mol. The number of thioether (sulfide) groups is 1. The molecule has 3 rings (SSSR count). The standard InChI is InChI=1S/C16H20ClFN2S/c1-21-13-5-3-12(4-6-13)20-15-7-2-11(18)10-14(15)19-16(20)8-9-17/h2,7,10,12-13H,3-6,8-9H2,1H3. The summed E-state index contributed by atoms with van der Waals surface area (Å²) in [6.45, 7) is 0. The summed E-state index contributed by atoms with van der Waals surface area (Å²) < 4.78 is 15.7. The highest BCUT2D eigenvalue weighted by Gasteiger charge is 2.25. The van der Waals surface area contributed by atoms with E-state index in [9.17, 15) is 4.39 Å². The van der Waals surface area contributed by atoms with Gasteiger partial charge in [-0.3, -0.25) is 0 Å². The van der Waals surface area contributed by atoms with E-state index in [1.54, 1.807) is 0 Å². The zero-order valence-electron chi connectivity index (χ0n) is 12.2. The summed E-state index contributed by atoms with van der Waals surface area (Å²) in [7, 11) is 0. The molecule has 0 amide bonds. The number of hydrogen-bond donors (Lipinski definition) is 0. The van der Waals surface area contributed by atoms with Crippen molar-refractivity contribution in [1.82, 2.24) is 9.55 Å². The van der Waals surface area contributed by atoms with Crippen LogP contribution in [0.2, 0.25) is 0 Å². The molecule has 1 aliphatic rings. The maximum atomic E-state index is 13.4. The molecule has 1 aliphatic carbocycles. The summed E-state index contributed by atoms with van der Waals surface area (Å²) in [6, 6.07) is 5.38. The largest absolute Gasteiger partial charge is 0.325 e. The summed E-state index contributed by atoms with van der Waals surface area (Å²) in [5, 5.41) is 0.782. The smallest absolute Gasteiger partial charge is 0.125 e. The fourth-order valence-electron chi connectivity index (χ4n) is 3.33. The van der Waals surface area contributed by atoms with Crippen LogP contribution in [0.4, 0.5) is 4.39 Å². The van der Waals surface area contributed by atoms with E-state index in [1.807, 2.05) is 17.8 Å². The number of halogens is 2. The molecule has 1 fully saturated rings. The zero-order valence-corrected chi connectivity index (χ0v) is 13.8. The van der Waals surface area contributed by atoms with E-state index >= 15 is 0 Å². The highest BCUT2D eigenvalue weighted by molar-refractivity contribution is 7.99. The third-order valence-corrected chi connectivity index (χ3v) is 5.71. The van der Waals surface area contributed by atoms with Crippen LogP contribution in [0.5, 0.6) is 0 Å². The fourth-order valence-corrected chi connectivity index (χ4v) is 4.24. The SMILES string of the molecule is CSC1CCC(n2c(CCCl)nc3cc(F)ccc32)CC1. The molecule has 0 N–H and O–H groups in total. The van der Waals surface area contributed by atoms with Gasteiger partial charge in [0, 0.05) is 29.7 Å². The lowest BCUT2D eigenvalue weighted by molar-refractivity contribution is 0.359. The van der Waals surface area contributed by atoms with Gasteiger partial charge in [-0.1, -0.05) is 0 Å². The van der Waals surface area contributed by atoms with Gasteiger partial charge in [-0.25, -0.2) is 9.37 Å². The summed E-state index contributed by atoms with van der Waals surface area (Å²) >= 11 is 7.89. The van der Waals surface area contributed by atoms with E-state index in [0.717, 1.165) is 28.5 Å². The second kappa shape index (κ2) is 6.57. The Morgan fingerprint density at radius 1 is 1.33 bits per heavy atom. The molecule has 2 aromatic rings. The van der Waals surface area contributed by atoms with E-state index in [0.29, 0.717) is 11.9 Å². The maximum Gasteiger partial charge on any atom is 0.125 e. The molecule has 1 aromatic carbocycles. The van der Waals surface area contributed by atoms with Crippen LogP contribution in [0.3, 0.4) is 0 Å². The van der Waals surface area contributed by atoms with Gasteiger partial charge in [0.2, 0.25) is 0 Å². The highest BCUT2D eigenvalue weighted by Crippen LogP contribution is 2.36. The van der Waals surface area contributed by atoms with Crippen LogP contribution in [0, 0.1) is 5.82 Å². The van der Waals surface area contributed by atoms with Crippen molar-refractivity contribution in [3.8, 4) is 0 Å². The van der Waals surface area contributed by atoms with E-state index < -0.39 is 0 Å². The van der Waals surface area contributed by atoms with Crippen molar-refractivity contribution in [2.75, 3.05) is 12.1 Å². The minimum absolute atomic E-state index is 0.226. The number of fused-ring (bicyclic) bond motifs is 1. The molecule has 21 heavy (non-hydrogen) atoms. The number of imidazole rings is 1. The Labute approximate surface area is 134 Å². The number of rotatable bonds is 4. The van der Waals surface area contributed by atoms with Crippen molar-refractivity contribution in [3.63, 3.8) is 0 Å². The van der Waals surface area contributed by atoms with Gasteiger partial charge < -0.3 is 4.57 Å². The Morgan fingerprint density at radius 3 is 2.76 bits per heavy atom. The molecular weight excluding hydrogens is 307 g/mol. The minimum atomic E-state index is -0.226. The average molecular weight is 327 g/mol. The van der Waals surface area contributed by atoms with E-state index in [4.69, 9.17) is 11.6 Å². The maximum absolute atomic E-state index is 13.4. The number of alkyl halides is 1. The van der Waals surface area contributed by atoms with E-state index in [2.05, 4.69) is 15.8 Å². The minimum Gasteiger partial charge on any atom is -0.325 e. The van der Waals surface area contributed by atoms with Crippen LogP contribution >= 0.6 is 23.4 Å². The lowest BCUT2D eigenvalue weighted by Crippen LogP contribution is -2.21. The number of hydrogen-bond acceptors (Lipinski definition) is 2. The Bertz CT molecular complexity index is 620. The van der Waals surface area contributed by atoms with Crippen molar-refractivity contribution in [2.24, 2.45) is 0 Å². The number of nitrogens with zero attached hydrogens (tertiary/aromatic N) is 2. The molecule has 114 valence electrons. The van der Waals surface area contributed by atoms with Gasteiger partial charge in [-0.05, 0) is 44.1 Å². The quantitative estimate of drug-likeness (QED) is 0.751. The zero-order chi connectivity index (χ0) is 14.8. The van der Waals surface area contributed by atoms with E-state index in [-0.39, 0.29) is 5.82 Å². The Kier molecular flexibility index (Phi) is 4.75. The van der Waals surface area contributed by atoms with Crippen molar-refractivity contribution < 1.29 is 4.39 Å². The summed E-state index contributed by atoms with van der Waals surface area (Å²) in [5.74, 6) is 1.32. The topological polar surface area (TPSA) is 17.8 Å². The molecule has 0 aliphatic heterocycles. The van der Waals surface area contributed by atoms with Gasteiger partial charge in [0.1, 0.15) is 11.6 Å². The molecule has 0 bridgehead atoms. The Morgan fingerprint density at radius 2 is 2.10 bits per heavy atom. The second-order valence-corrected chi connectivity index (χ2v) is 7.15. The third kappa shape index (κ3) is 3.07. The summed E-state index contributed by atoms with van der Waals surface area (Å²) in [5.41, 5.74) is 1.80. The highest BCUT2D eigenvalue weighted by atomic mass is 35.5. The molecule has 1 heterocycles. The monoisotopic (exact) mass is 326 g/mol. The number of aryl methyl sites for hydroxylation is 1.